The number of anilines is 2. The topological polar surface area (TPSA) is 42.2 Å². The maximum absolute atomic E-state index is 6.03. The van der Waals surface area contributed by atoms with Gasteiger partial charge in [-0.25, -0.2) is 0 Å². The van der Waals surface area contributed by atoms with Gasteiger partial charge < -0.3 is 10.6 Å². The maximum Gasteiger partial charge on any atom is 0.142 e. The van der Waals surface area contributed by atoms with Crippen LogP contribution in [0.2, 0.25) is 0 Å². The van der Waals surface area contributed by atoms with Gasteiger partial charge >= 0.3 is 0 Å². The zero-order chi connectivity index (χ0) is 11.8. The Kier molecular flexibility index (Phi) is 2.99. The van der Waals surface area contributed by atoms with Gasteiger partial charge in [0, 0.05) is 18.7 Å². The highest BCUT2D eigenvalue weighted by atomic mass is 32.1. The van der Waals surface area contributed by atoms with E-state index >= 15 is 0 Å². The molecule has 4 heteroatoms. The predicted molar refractivity (Wildman–Crippen MR) is 73.7 cm³/mol. The third-order valence-electron chi connectivity index (χ3n) is 4.03. The Bertz CT molecular complexity index is 397. The van der Waals surface area contributed by atoms with Gasteiger partial charge in [-0.2, -0.15) is 4.37 Å². The number of nitrogens with two attached hydrogens (primary N) is 1. The van der Waals surface area contributed by atoms with Gasteiger partial charge in [0.2, 0.25) is 0 Å². The molecule has 0 aromatic carbocycles. The van der Waals surface area contributed by atoms with E-state index in [0.29, 0.717) is 5.92 Å². The Morgan fingerprint density at radius 1 is 1.24 bits per heavy atom. The maximum atomic E-state index is 6.03. The molecule has 2 aliphatic rings. The molecule has 0 amide bonds. The van der Waals surface area contributed by atoms with Crippen LogP contribution in [0.1, 0.15) is 50.5 Å². The minimum Gasteiger partial charge on any atom is -0.383 e. The second-order valence-corrected chi connectivity index (χ2v) is 6.34. The average molecular weight is 251 g/mol. The molecule has 0 radical (unpaired) electrons. The van der Waals surface area contributed by atoms with Crippen molar-refractivity contribution in [2.24, 2.45) is 5.92 Å². The normalized spacial score (nSPS) is 25.9. The SMILES string of the molecule is CC1CCCN(c2snc(N)c2C2CC2)CC1. The third-order valence-corrected chi connectivity index (χ3v) is 4.97. The summed E-state index contributed by atoms with van der Waals surface area (Å²) < 4.78 is 4.38. The van der Waals surface area contributed by atoms with Crippen molar-refractivity contribution in [2.45, 2.75) is 44.9 Å². The van der Waals surface area contributed by atoms with E-state index in [4.69, 9.17) is 5.73 Å². The van der Waals surface area contributed by atoms with E-state index in [1.54, 1.807) is 11.5 Å². The van der Waals surface area contributed by atoms with E-state index in [1.807, 2.05) is 0 Å². The summed E-state index contributed by atoms with van der Waals surface area (Å²) in [5.74, 6) is 2.38. The Morgan fingerprint density at radius 2 is 2.06 bits per heavy atom. The number of hydrogen-bond acceptors (Lipinski definition) is 4. The lowest BCUT2D eigenvalue weighted by molar-refractivity contribution is 0.521. The summed E-state index contributed by atoms with van der Waals surface area (Å²) in [5, 5.41) is 1.37. The van der Waals surface area contributed by atoms with Crippen LogP contribution < -0.4 is 10.6 Å². The first-order valence-corrected chi connectivity index (χ1v) is 7.53. The molecule has 1 aliphatic carbocycles. The van der Waals surface area contributed by atoms with E-state index in [1.165, 1.54) is 55.8 Å². The molecule has 17 heavy (non-hydrogen) atoms. The average Bonchev–Trinajstić information content (AvgIpc) is 3.09. The molecule has 1 aliphatic heterocycles. The number of nitrogen functional groups attached to an aromatic ring is 1. The fraction of sp³-hybridized carbons (Fsp3) is 0.769. The fourth-order valence-corrected chi connectivity index (χ4v) is 3.70. The van der Waals surface area contributed by atoms with Crippen LogP contribution >= 0.6 is 11.5 Å². The number of nitrogens with zero attached hydrogens (tertiary/aromatic N) is 2. The van der Waals surface area contributed by atoms with Crippen molar-refractivity contribution in [1.82, 2.24) is 4.37 Å². The van der Waals surface area contributed by atoms with E-state index in [2.05, 4.69) is 16.2 Å². The van der Waals surface area contributed by atoms with Gasteiger partial charge in [-0.3, -0.25) is 0 Å². The van der Waals surface area contributed by atoms with E-state index in [9.17, 15) is 0 Å². The first-order chi connectivity index (χ1) is 8.25. The van der Waals surface area contributed by atoms with E-state index in [-0.39, 0.29) is 0 Å². The summed E-state index contributed by atoms with van der Waals surface area (Å²) in [7, 11) is 0. The minimum absolute atomic E-state index is 0.712. The molecule has 1 aromatic rings. The molecule has 94 valence electrons. The van der Waals surface area contributed by atoms with Gasteiger partial charge in [0.25, 0.3) is 0 Å². The smallest absolute Gasteiger partial charge is 0.142 e. The predicted octanol–water partition coefficient (Wildman–Crippen LogP) is 3.23. The van der Waals surface area contributed by atoms with Gasteiger partial charge in [0.05, 0.1) is 0 Å². The highest BCUT2D eigenvalue weighted by molar-refractivity contribution is 7.10. The Hall–Kier alpha value is -0.770. The van der Waals surface area contributed by atoms with Gasteiger partial charge in [-0.05, 0) is 55.5 Å². The molecule has 1 atom stereocenters. The van der Waals surface area contributed by atoms with Crippen LogP contribution in [0, 0.1) is 5.92 Å². The summed E-state index contributed by atoms with van der Waals surface area (Å²) in [6.07, 6.45) is 6.59. The summed E-state index contributed by atoms with van der Waals surface area (Å²) in [5.41, 5.74) is 7.39. The second kappa shape index (κ2) is 4.48. The molecule has 2 fully saturated rings. The summed E-state index contributed by atoms with van der Waals surface area (Å²) in [4.78, 5) is 2.53. The number of aromatic nitrogens is 1. The van der Waals surface area contributed by atoms with Crippen LogP contribution in [-0.4, -0.2) is 17.5 Å². The van der Waals surface area contributed by atoms with Crippen molar-refractivity contribution in [1.29, 1.82) is 0 Å². The lowest BCUT2D eigenvalue weighted by atomic mass is 10.0. The molecule has 3 rings (SSSR count). The fourth-order valence-electron chi connectivity index (χ4n) is 2.75. The molecular weight excluding hydrogens is 230 g/mol. The molecule has 1 saturated carbocycles. The van der Waals surface area contributed by atoms with Crippen LogP contribution in [0.15, 0.2) is 0 Å². The van der Waals surface area contributed by atoms with Crippen molar-refractivity contribution in [3.8, 4) is 0 Å². The largest absolute Gasteiger partial charge is 0.383 e. The lowest BCUT2D eigenvalue weighted by Crippen LogP contribution is -2.24. The van der Waals surface area contributed by atoms with Gasteiger partial charge in [0.15, 0.2) is 0 Å². The first-order valence-electron chi connectivity index (χ1n) is 6.75. The van der Waals surface area contributed by atoms with Crippen molar-refractivity contribution in [3.05, 3.63) is 5.56 Å². The zero-order valence-corrected chi connectivity index (χ0v) is 11.3. The first kappa shape index (κ1) is 11.3. The highest BCUT2D eigenvalue weighted by Crippen LogP contribution is 2.49. The number of hydrogen-bond donors (Lipinski definition) is 1. The minimum atomic E-state index is 0.712. The van der Waals surface area contributed by atoms with Gasteiger partial charge in [-0.1, -0.05) is 6.92 Å². The van der Waals surface area contributed by atoms with Crippen LogP contribution in [0.4, 0.5) is 10.8 Å². The summed E-state index contributed by atoms with van der Waals surface area (Å²) >= 11 is 1.61. The number of rotatable bonds is 2. The van der Waals surface area contributed by atoms with Gasteiger partial charge in [-0.15, -0.1) is 0 Å². The summed E-state index contributed by atoms with van der Waals surface area (Å²) in [6.45, 7) is 4.74. The molecule has 1 aromatic heterocycles. The van der Waals surface area contributed by atoms with Crippen LogP contribution in [0.3, 0.4) is 0 Å². The molecule has 2 heterocycles. The van der Waals surface area contributed by atoms with E-state index < -0.39 is 0 Å². The Balaban J connectivity index is 1.82. The monoisotopic (exact) mass is 251 g/mol. The lowest BCUT2D eigenvalue weighted by Gasteiger charge is -2.22. The van der Waals surface area contributed by atoms with Crippen molar-refractivity contribution in [3.63, 3.8) is 0 Å². The Morgan fingerprint density at radius 3 is 2.82 bits per heavy atom. The molecule has 3 nitrogen and oxygen atoms in total. The Labute approximate surface area is 107 Å². The second-order valence-electron chi connectivity index (χ2n) is 5.58. The highest BCUT2D eigenvalue weighted by Gasteiger charge is 2.32. The quantitative estimate of drug-likeness (QED) is 0.877. The van der Waals surface area contributed by atoms with Crippen molar-refractivity contribution < 1.29 is 0 Å². The van der Waals surface area contributed by atoms with Crippen molar-refractivity contribution >= 4 is 22.4 Å². The summed E-state index contributed by atoms with van der Waals surface area (Å²) in [6, 6.07) is 0. The molecule has 1 saturated heterocycles. The molecule has 1 unspecified atom stereocenters. The molecular formula is C13H21N3S. The van der Waals surface area contributed by atoms with Crippen molar-refractivity contribution in [2.75, 3.05) is 23.7 Å². The third kappa shape index (κ3) is 2.28. The van der Waals surface area contributed by atoms with E-state index in [0.717, 1.165) is 11.7 Å². The van der Waals surface area contributed by atoms with Crippen LogP contribution in [0.5, 0.6) is 0 Å². The molecule has 2 N–H and O–H groups in total. The van der Waals surface area contributed by atoms with Crippen LogP contribution in [-0.2, 0) is 0 Å². The molecule has 0 bridgehead atoms. The van der Waals surface area contributed by atoms with Crippen LogP contribution in [0.25, 0.3) is 0 Å². The standard InChI is InChI=1S/C13H21N3S/c1-9-3-2-7-16(8-6-9)13-11(10-4-5-10)12(14)15-17-13/h9-10H,2-8H2,1H3,(H2,14,15). The molecule has 0 spiro atoms. The zero-order valence-electron chi connectivity index (χ0n) is 10.5. The van der Waals surface area contributed by atoms with Gasteiger partial charge in [0.1, 0.15) is 10.8 Å².